The minimum atomic E-state index is -0.697. The van der Waals surface area contributed by atoms with Gasteiger partial charge in [-0.2, -0.15) is 0 Å². The summed E-state index contributed by atoms with van der Waals surface area (Å²) < 4.78 is 0. The van der Waals surface area contributed by atoms with E-state index in [1.807, 2.05) is 37.4 Å². The molecule has 2 unspecified atom stereocenters. The van der Waals surface area contributed by atoms with Gasteiger partial charge < -0.3 is 5.11 Å². The third-order valence-corrected chi connectivity index (χ3v) is 2.80. The monoisotopic (exact) mass is 191 g/mol. The van der Waals surface area contributed by atoms with Gasteiger partial charge in [0.05, 0.1) is 5.92 Å². The summed E-state index contributed by atoms with van der Waals surface area (Å²) >= 11 is 0. The lowest BCUT2D eigenvalue weighted by atomic mass is 9.84. The van der Waals surface area contributed by atoms with Crippen LogP contribution in [0, 0.1) is 5.92 Å². The molecule has 0 bridgehead atoms. The summed E-state index contributed by atoms with van der Waals surface area (Å²) in [6, 6.07) is 9.85. The fourth-order valence-corrected chi connectivity index (χ4v) is 2.04. The van der Waals surface area contributed by atoms with Gasteiger partial charge >= 0.3 is 5.97 Å². The van der Waals surface area contributed by atoms with E-state index in [0.717, 1.165) is 5.56 Å². The fraction of sp³-hybridized carbons (Fsp3) is 0.364. The Kier molecular flexibility index (Phi) is 2.25. The maximum atomic E-state index is 10.9. The zero-order chi connectivity index (χ0) is 10.1. The highest BCUT2D eigenvalue weighted by atomic mass is 16.4. The molecule has 1 saturated heterocycles. The Hall–Kier alpha value is -1.35. The second kappa shape index (κ2) is 3.42. The molecule has 74 valence electrons. The molecule has 0 spiro atoms. The third kappa shape index (κ3) is 1.40. The van der Waals surface area contributed by atoms with Crippen LogP contribution in [-0.2, 0) is 4.79 Å². The van der Waals surface area contributed by atoms with E-state index >= 15 is 0 Å². The Labute approximate surface area is 83.0 Å². The van der Waals surface area contributed by atoms with Crippen molar-refractivity contribution < 1.29 is 9.90 Å². The molecule has 1 N–H and O–H groups in total. The number of likely N-dealkylation sites (tertiary alicyclic amines) is 1. The predicted octanol–water partition coefficient (Wildman–Crippen LogP) is 1.37. The van der Waals surface area contributed by atoms with Gasteiger partial charge in [-0.15, -0.1) is 0 Å². The average molecular weight is 191 g/mol. The van der Waals surface area contributed by atoms with E-state index in [1.54, 1.807) is 0 Å². The van der Waals surface area contributed by atoms with Crippen molar-refractivity contribution in [1.82, 2.24) is 4.90 Å². The van der Waals surface area contributed by atoms with Crippen LogP contribution in [0.2, 0.25) is 0 Å². The zero-order valence-corrected chi connectivity index (χ0v) is 8.05. The first-order chi connectivity index (χ1) is 6.70. The molecule has 3 nitrogen and oxygen atoms in total. The van der Waals surface area contributed by atoms with Crippen molar-refractivity contribution >= 4 is 5.97 Å². The average Bonchev–Trinajstić information content (AvgIpc) is 2.15. The summed E-state index contributed by atoms with van der Waals surface area (Å²) in [6.45, 7) is 0.648. The van der Waals surface area contributed by atoms with Gasteiger partial charge in [0.1, 0.15) is 0 Å². The number of aliphatic carboxylic acids is 1. The smallest absolute Gasteiger partial charge is 0.309 e. The lowest BCUT2D eigenvalue weighted by Gasteiger charge is -2.43. The Bertz CT molecular complexity index is 336. The van der Waals surface area contributed by atoms with E-state index in [4.69, 9.17) is 5.11 Å². The fourth-order valence-electron chi connectivity index (χ4n) is 2.04. The number of nitrogens with zero attached hydrogens (tertiary/aromatic N) is 1. The summed E-state index contributed by atoms with van der Waals surface area (Å²) in [7, 11) is 1.96. The molecule has 1 heterocycles. The molecule has 14 heavy (non-hydrogen) atoms. The molecule has 0 aromatic heterocycles. The zero-order valence-electron chi connectivity index (χ0n) is 8.05. The van der Waals surface area contributed by atoms with Crippen molar-refractivity contribution in [3.05, 3.63) is 35.9 Å². The molecule has 0 saturated carbocycles. The van der Waals surface area contributed by atoms with Crippen LogP contribution in [0.1, 0.15) is 11.6 Å². The van der Waals surface area contributed by atoms with E-state index in [2.05, 4.69) is 4.90 Å². The summed E-state index contributed by atoms with van der Waals surface area (Å²) in [6.07, 6.45) is 0. The normalized spacial score (nSPS) is 26.9. The van der Waals surface area contributed by atoms with E-state index in [9.17, 15) is 4.79 Å². The molecule has 1 aliphatic rings. The van der Waals surface area contributed by atoms with Gasteiger partial charge in [-0.3, -0.25) is 9.69 Å². The van der Waals surface area contributed by atoms with Gasteiger partial charge in [0.25, 0.3) is 0 Å². The molecular formula is C11H13NO2. The second-order valence-corrected chi connectivity index (χ2v) is 3.74. The van der Waals surface area contributed by atoms with Crippen molar-refractivity contribution in [2.45, 2.75) is 6.04 Å². The molecule has 0 amide bonds. The number of benzene rings is 1. The second-order valence-electron chi connectivity index (χ2n) is 3.74. The molecule has 2 rings (SSSR count). The van der Waals surface area contributed by atoms with Crippen molar-refractivity contribution in [3.63, 3.8) is 0 Å². The largest absolute Gasteiger partial charge is 0.481 e. The van der Waals surface area contributed by atoms with Crippen LogP contribution in [0.15, 0.2) is 30.3 Å². The molecule has 1 fully saturated rings. The van der Waals surface area contributed by atoms with Gasteiger partial charge in [0, 0.05) is 12.6 Å². The van der Waals surface area contributed by atoms with Crippen LogP contribution in [0.4, 0.5) is 0 Å². The van der Waals surface area contributed by atoms with E-state index < -0.39 is 5.97 Å². The third-order valence-electron chi connectivity index (χ3n) is 2.80. The van der Waals surface area contributed by atoms with E-state index in [-0.39, 0.29) is 12.0 Å². The first kappa shape index (κ1) is 9.21. The molecule has 2 atom stereocenters. The van der Waals surface area contributed by atoms with Gasteiger partial charge in [-0.1, -0.05) is 30.3 Å². The number of rotatable bonds is 2. The lowest BCUT2D eigenvalue weighted by Crippen LogP contribution is -2.50. The molecule has 1 aliphatic heterocycles. The molecule has 0 radical (unpaired) electrons. The standard InChI is InChI=1S/C11H13NO2/c1-12-7-9(11(13)14)10(12)8-5-3-2-4-6-8/h2-6,9-10H,7H2,1H3,(H,13,14). The van der Waals surface area contributed by atoms with Crippen LogP contribution in [0.5, 0.6) is 0 Å². The molecular weight excluding hydrogens is 178 g/mol. The number of carbonyl (C=O) groups is 1. The Balaban J connectivity index is 2.21. The van der Waals surface area contributed by atoms with Crippen molar-refractivity contribution in [1.29, 1.82) is 0 Å². The number of hydrogen-bond acceptors (Lipinski definition) is 2. The Morgan fingerprint density at radius 2 is 2.07 bits per heavy atom. The first-order valence-electron chi connectivity index (χ1n) is 4.68. The molecule has 1 aromatic rings. The van der Waals surface area contributed by atoms with Crippen LogP contribution < -0.4 is 0 Å². The molecule has 3 heteroatoms. The van der Waals surface area contributed by atoms with Crippen LogP contribution >= 0.6 is 0 Å². The summed E-state index contributed by atoms with van der Waals surface area (Å²) in [5.74, 6) is -0.945. The highest BCUT2D eigenvalue weighted by Crippen LogP contribution is 2.37. The first-order valence-corrected chi connectivity index (χ1v) is 4.68. The maximum absolute atomic E-state index is 10.9. The van der Waals surface area contributed by atoms with Gasteiger partial charge in [-0.25, -0.2) is 0 Å². The molecule has 1 aromatic carbocycles. The lowest BCUT2D eigenvalue weighted by molar-refractivity contribution is -0.151. The number of carboxylic acid groups (broad SMARTS) is 1. The maximum Gasteiger partial charge on any atom is 0.309 e. The van der Waals surface area contributed by atoms with Crippen LogP contribution in [-0.4, -0.2) is 29.6 Å². The minimum Gasteiger partial charge on any atom is -0.481 e. The highest BCUT2D eigenvalue weighted by molar-refractivity contribution is 5.73. The van der Waals surface area contributed by atoms with E-state index in [1.165, 1.54) is 0 Å². The van der Waals surface area contributed by atoms with Crippen LogP contribution in [0.3, 0.4) is 0 Å². The Morgan fingerprint density at radius 1 is 1.43 bits per heavy atom. The van der Waals surface area contributed by atoms with Gasteiger partial charge in [-0.05, 0) is 12.6 Å². The highest BCUT2D eigenvalue weighted by Gasteiger charge is 2.41. The Morgan fingerprint density at radius 3 is 2.57 bits per heavy atom. The summed E-state index contributed by atoms with van der Waals surface area (Å²) in [5, 5.41) is 8.96. The number of hydrogen-bond donors (Lipinski definition) is 1. The topological polar surface area (TPSA) is 40.5 Å². The number of carboxylic acids is 1. The SMILES string of the molecule is CN1CC(C(=O)O)C1c1ccccc1. The van der Waals surface area contributed by atoms with Crippen LogP contribution in [0.25, 0.3) is 0 Å². The quantitative estimate of drug-likeness (QED) is 0.767. The summed E-state index contributed by atoms with van der Waals surface area (Å²) in [5.41, 5.74) is 1.09. The van der Waals surface area contributed by atoms with E-state index in [0.29, 0.717) is 6.54 Å². The minimum absolute atomic E-state index is 0.0497. The van der Waals surface area contributed by atoms with Crippen molar-refractivity contribution in [3.8, 4) is 0 Å². The van der Waals surface area contributed by atoms with Crippen molar-refractivity contribution in [2.24, 2.45) is 5.92 Å². The molecule has 0 aliphatic carbocycles. The van der Waals surface area contributed by atoms with Gasteiger partial charge in [0.2, 0.25) is 0 Å². The summed E-state index contributed by atoms with van der Waals surface area (Å²) in [4.78, 5) is 12.9. The predicted molar refractivity (Wildman–Crippen MR) is 52.9 cm³/mol. The van der Waals surface area contributed by atoms with Gasteiger partial charge in [0.15, 0.2) is 0 Å². The van der Waals surface area contributed by atoms with Crippen molar-refractivity contribution in [2.75, 3.05) is 13.6 Å².